The molecule has 0 aliphatic carbocycles. The third-order valence-electron chi connectivity index (χ3n) is 5.69. The van der Waals surface area contributed by atoms with Gasteiger partial charge in [-0.3, -0.25) is 14.4 Å². The molecule has 3 amide bonds. The van der Waals surface area contributed by atoms with E-state index in [1.807, 2.05) is 13.8 Å². The van der Waals surface area contributed by atoms with Gasteiger partial charge in [-0.05, 0) is 31.2 Å². The number of nitrogens with one attached hydrogen (secondary N) is 3. The van der Waals surface area contributed by atoms with Crippen LogP contribution in [0, 0.1) is 11.8 Å². The second-order valence-electron chi connectivity index (χ2n) is 8.22. The molecule has 0 saturated carbocycles. The first kappa shape index (κ1) is 29.8. The van der Waals surface area contributed by atoms with Crippen LogP contribution in [0.2, 0.25) is 0 Å². The van der Waals surface area contributed by atoms with E-state index < -0.39 is 54.5 Å². The van der Waals surface area contributed by atoms with E-state index in [1.165, 1.54) is 0 Å². The summed E-state index contributed by atoms with van der Waals surface area (Å²) >= 11 is 0. The minimum atomic E-state index is -1.30. The van der Waals surface area contributed by atoms with Crippen LogP contribution < -0.4 is 27.4 Å². The number of unbranched alkanes of at least 4 members (excludes halogenated alkanes) is 1. The Hall–Kier alpha value is -2.24. The van der Waals surface area contributed by atoms with Crippen LogP contribution in [0.1, 0.15) is 59.8 Å². The summed E-state index contributed by atoms with van der Waals surface area (Å²) in [5.74, 6) is -3.78. The van der Waals surface area contributed by atoms with Crippen LogP contribution in [0.15, 0.2) is 0 Å². The summed E-state index contributed by atoms with van der Waals surface area (Å²) in [5, 5.41) is 26.5. The first-order chi connectivity index (χ1) is 15.0. The number of hydrogen-bond acceptors (Lipinski definition) is 7. The second-order valence-corrected chi connectivity index (χ2v) is 8.22. The normalized spacial score (nSPS) is 16.7. The van der Waals surface area contributed by atoms with Crippen LogP contribution in [0.25, 0.3) is 0 Å². The molecule has 0 bridgehead atoms. The largest absolute Gasteiger partial charge is 0.480 e. The Labute approximate surface area is 190 Å². The molecule has 0 aromatic rings. The summed E-state index contributed by atoms with van der Waals surface area (Å²) in [6.07, 6.45) is 2.82. The van der Waals surface area contributed by atoms with E-state index in [0.717, 1.165) is 0 Å². The smallest absolute Gasteiger partial charge is 0.326 e. The number of aliphatic carboxylic acids is 1. The molecule has 11 nitrogen and oxygen atoms in total. The number of hydrogen-bond donors (Lipinski definition) is 7. The van der Waals surface area contributed by atoms with Crippen molar-refractivity contribution >= 4 is 23.7 Å². The van der Waals surface area contributed by atoms with Crippen molar-refractivity contribution in [2.24, 2.45) is 23.3 Å². The lowest BCUT2D eigenvalue weighted by molar-refractivity contribution is -0.144. The van der Waals surface area contributed by atoms with Crippen LogP contribution in [-0.4, -0.2) is 71.2 Å². The fraction of sp³-hybridized carbons (Fsp3) is 0.810. The number of aliphatic hydroxyl groups is 1. The quantitative estimate of drug-likeness (QED) is 0.144. The van der Waals surface area contributed by atoms with Gasteiger partial charge in [-0.2, -0.15) is 0 Å². The van der Waals surface area contributed by atoms with E-state index in [4.69, 9.17) is 11.5 Å². The molecular formula is C21H41N5O6. The van der Waals surface area contributed by atoms with Gasteiger partial charge in [0.2, 0.25) is 17.7 Å². The monoisotopic (exact) mass is 459 g/mol. The lowest BCUT2D eigenvalue weighted by Gasteiger charge is -2.28. The Morgan fingerprint density at radius 2 is 1.38 bits per heavy atom. The number of amides is 3. The van der Waals surface area contributed by atoms with E-state index >= 15 is 0 Å². The molecule has 0 rings (SSSR count). The van der Waals surface area contributed by atoms with Gasteiger partial charge in [0.05, 0.1) is 12.6 Å². The highest BCUT2D eigenvalue weighted by Gasteiger charge is 2.33. The zero-order valence-corrected chi connectivity index (χ0v) is 19.6. The van der Waals surface area contributed by atoms with E-state index in [1.54, 1.807) is 13.8 Å². The van der Waals surface area contributed by atoms with Crippen LogP contribution >= 0.6 is 0 Å². The fourth-order valence-corrected chi connectivity index (χ4v) is 2.99. The highest BCUT2D eigenvalue weighted by atomic mass is 16.4. The molecule has 11 heteroatoms. The van der Waals surface area contributed by atoms with Crippen molar-refractivity contribution < 1.29 is 29.4 Å². The van der Waals surface area contributed by atoms with Gasteiger partial charge in [-0.1, -0.05) is 47.0 Å². The Balaban J connectivity index is 5.26. The first-order valence-electron chi connectivity index (χ1n) is 11.2. The highest BCUT2D eigenvalue weighted by Crippen LogP contribution is 2.12. The van der Waals surface area contributed by atoms with E-state index in [9.17, 15) is 29.4 Å². The Morgan fingerprint density at radius 3 is 1.84 bits per heavy atom. The van der Waals surface area contributed by atoms with Crippen molar-refractivity contribution in [1.82, 2.24) is 16.0 Å². The molecule has 0 aliphatic heterocycles. The van der Waals surface area contributed by atoms with Crippen molar-refractivity contribution in [3.63, 3.8) is 0 Å². The van der Waals surface area contributed by atoms with Gasteiger partial charge in [0, 0.05) is 0 Å². The minimum absolute atomic E-state index is 0.310. The topological polar surface area (TPSA) is 197 Å². The summed E-state index contributed by atoms with van der Waals surface area (Å²) in [7, 11) is 0. The third kappa shape index (κ3) is 9.92. The lowest BCUT2D eigenvalue weighted by atomic mass is 9.95. The molecule has 0 aliphatic rings. The highest BCUT2D eigenvalue weighted by molar-refractivity contribution is 5.94. The molecule has 6 atom stereocenters. The second kappa shape index (κ2) is 15.5. The lowest BCUT2D eigenvalue weighted by Crippen LogP contribution is -2.60. The number of nitrogens with two attached hydrogens (primary N) is 2. The van der Waals surface area contributed by atoms with Crippen molar-refractivity contribution in [3.8, 4) is 0 Å². The molecule has 9 N–H and O–H groups in total. The molecule has 6 unspecified atom stereocenters. The average molecular weight is 460 g/mol. The third-order valence-corrected chi connectivity index (χ3v) is 5.69. The van der Waals surface area contributed by atoms with Gasteiger partial charge >= 0.3 is 5.97 Å². The van der Waals surface area contributed by atoms with Crippen molar-refractivity contribution in [1.29, 1.82) is 0 Å². The summed E-state index contributed by atoms with van der Waals surface area (Å²) in [6.45, 7) is 6.89. The predicted molar refractivity (Wildman–Crippen MR) is 120 cm³/mol. The fourth-order valence-electron chi connectivity index (χ4n) is 2.99. The van der Waals surface area contributed by atoms with Crippen molar-refractivity contribution in [2.75, 3.05) is 13.2 Å². The van der Waals surface area contributed by atoms with Crippen LogP contribution in [0.5, 0.6) is 0 Å². The van der Waals surface area contributed by atoms with Crippen molar-refractivity contribution in [2.45, 2.75) is 84.0 Å². The average Bonchev–Trinajstić information content (AvgIpc) is 2.77. The van der Waals surface area contributed by atoms with Crippen LogP contribution in [0.4, 0.5) is 0 Å². The number of carboxylic acids is 1. The molecule has 0 radical (unpaired) electrons. The van der Waals surface area contributed by atoms with Crippen molar-refractivity contribution in [3.05, 3.63) is 0 Å². The summed E-state index contributed by atoms with van der Waals surface area (Å²) in [6, 6.07) is -4.30. The van der Waals surface area contributed by atoms with E-state index in [0.29, 0.717) is 38.6 Å². The minimum Gasteiger partial charge on any atom is -0.480 e. The van der Waals surface area contributed by atoms with Gasteiger partial charge in [-0.15, -0.1) is 0 Å². The molecular weight excluding hydrogens is 418 g/mol. The van der Waals surface area contributed by atoms with Gasteiger partial charge in [0.25, 0.3) is 0 Å². The maximum Gasteiger partial charge on any atom is 0.326 e. The number of carboxylic acid groups (broad SMARTS) is 1. The molecule has 0 heterocycles. The molecule has 186 valence electrons. The molecule has 0 aromatic carbocycles. The zero-order chi connectivity index (χ0) is 24.8. The number of carbonyl (C=O) groups is 4. The summed E-state index contributed by atoms with van der Waals surface area (Å²) in [4.78, 5) is 49.3. The van der Waals surface area contributed by atoms with Gasteiger partial charge < -0.3 is 37.6 Å². The maximum atomic E-state index is 12.8. The molecule has 32 heavy (non-hydrogen) atoms. The maximum absolute atomic E-state index is 12.8. The molecule has 0 fully saturated rings. The van der Waals surface area contributed by atoms with E-state index in [2.05, 4.69) is 16.0 Å². The molecule has 0 aromatic heterocycles. The van der Waals surface area contributed by atoms with Gasteiger partial charge in [0.1, 0.15) is 18.1 Å². The SMILES string of the molecule is CCC(C)C(NC(=O)C(NC(=O)C(CO)NC(=O)C(N)CCCCN)C(C)CC)C(=O)O. The Kier molecular flexibility index (Phi) is 14.5. The first-order valence-corrected chi connectivity index (χ1v) is 11.2. The summed E-state index contributed by atoms with van der Waals surface area (Å²) < 4.78 is 0. The number of carbonyl (C=O) groups excluding carboxylic acids is 3. The number of rotatable bonds is 16. The zero-order valence-electron chi connectivity index (χ0n) is 19.6. The molecule has 0 spiro atoms. The Morgan fingerprint density at radius 1 is 0.844 bits per heavy atom. The summed E-state index contributed by atoms with van der Waals surface area (Å²) in [5.41, 5.74) is 11.2. The number of aliphatic hydroxyl groups excluding tert-OH is 1. The van der Waals surface area contributed by atoms with Gasteiger partial charge in [0.15, 0.2) is 0 Å². The van der Waals surface area contributed by atoms with Crippen LogP contribution in [0.3, 0.4) is 0 Å². The van der Waals surface area contributed by atoms with Crippen LogP contribution in [-0.2, 0) is 19.2 Å². The Bertz CT molecular complexity index is 617. The van der Waals surface area contributed by atoms with Gasteiger partial charge in [-0.25, -0.2) is 4.79 Å². The predicted octanol–water partition coefficient (Wildman–Crippen LogP) is -0.934. The van der Waals surface area contributed by atoms with E-state index in [-0.39, 0.29) is 11.8 Å². The molecule has 0 saturated heterocycles. The standard InChI is InChI=1S/C21H41N5O6/c1-5-12(3)16(20(30)26-17(21(31)32)13(4)6-2)25-19(29)15(11-27)24-18(28)14(23)9-7-8-10-22/h12-17,27H,5-11,22-23H2,1-4H3,(H,24,28)(H,25,29)(H,26,30)(H,31,32).